The molecule has 1 aliphatic rings. The van der Waals surface area contributed by atoms with Crippen LogP contribution in [0.2, 0.25) is 0 Å². The van der Waals surface area contributed by atoms with E-state index in [9.17, 15) is 13.5 Å². The maximum absolute atomic E-state index is 12.5. The van der Waals surface area contributed by atoms with Crippen molar-refractivity contribution >= 4 is 15.5 Å². The highest BCUT2D eigenvalue weighted by molar-refractivity contribution is 7.92. The first kappa shape index (κ1) is 13.4. The van der Waals surface area contributed by atoms with Crippen LogP contribution in [0.5, 0.6) is 0 Å². The van der Waals surface area contributed by atoms with Crippen molar-refractivity contribution in [2.24, 2.45) is 0 Å². The number of aryl methyl sites for hydroxylation is 1. The number of hydrogen-bond acceptors (Lipinski definition) is 4. The van der Waals surface area contributed by atoms with Crippen molar-refractivity contribution in [3.05, 3.63) is 23.8 Å². The monoisotopic (exact) mass is 269 g/mol. The lowest BCUT2D eigenvalue weighted by atomic mass is 10.1. The Morgan fingerprint density at radius 2 is 2.06 bits per heavy atom. The molecule has 2 rings (SSSR count). The summed E-state index contributed by atoms with van der Waals surface area (Å²) in [7, 11) is -1.57. The summed E-state index contributed by atoms with van der Waals surface area (Å²) in [5.74, 6) is 0. The fraction of sp³-hybridized carbons (Fsp3) is 0.538. The molecule has 5 heteroatoms. The van der Waals surface area contributed by atoms with E-state index in [-0.39, 0.29) is 12.6 Å². The van der Waals surface area contributed by atoms with Gasteiger partial charge >= 0.3 is 0 Å². The second-order valence-corrected chi connectivity index (χ2v) is 6.91. The molecular formula is C13H19NO3S. The van der Waals surface area contributed by atoms with Crippen molar-refractivity contribution in [3.63, 3.8) is 0 Å². The number of anilines is 1. The van der Waals surface area contributed by atoms with Gasteiger partial charge in [-0.15, -0.1) is 0 Å². The van der Waals surface area contributed by atoms with Gasteiger partial charge in [0.1, 0.15) is 5.25 Å². The van der Waals surface area contributed by atoms with Gasteiger partial charge in [0.2, 0.25) is 0 Å². The lowest BCUT2D eigenvalue weighted by Gasteiger charge is -2.38. The Kier molecular flexibility index (Phi) is 3.38. The van der Waals surface area contributed by atoms with Crippen molar-refractivity contribution < 1.29 is 13.5 Å². The number of aliphatic hydroxyl groups excluding tert-OH is 1. The van der Waals surface area contributed by atoms with Crippen LogP contribution in [0.1, 0.15) is 19.4 Å². The van der Waals surface area contributed by atoms with Gasteiger partial charge in [-0.05, 0) is 31.0 Å². The first-order valence-corrected chi connectivity index (χ1v) is 7.68. The van der Waals surface area contributed by atoms with Crippen molar-refractivity contribution in [2.75, 3.05) is 18.6 Å². The summed E-state index contributed by atoms with van der Waals surface area (Å²) in [5, 5.41) is 8.61. The number of benzene rings is 1. The van der Waals surface area contributed by atoms with Crippen molar-refractivity contribution in [1.82, 2.24) is 0 Å². The maximum Gasteiger partial charge on any atom is 0.187 e. The van der Waals surface area contributed by atoms with E-state index < -0.39 is 15.1 Å². The summed E-state index contributed by atoms with van der Waals surface area (Å²) >= 11 is 0. The van der Waals surface area contributed by atoms with Gasteiger partial charge < -0.3 is 10.0 Å². The Balaban J connectivity index is 2.68. The van der Waals surface area contributed by atoms with E-state index in [1.165, 1.54) is 0 Å². The standard InChI is InChI=1S/C13H19NO3S/c1-4-10-5-6-11-12(7-10)18(16,17)13(8-15)9(2)14(11)3/h5-7,9,13,15H,4,8H2,1-3H3. The predicted molar refractivity (Wildman–Crippen MR) is 71.7 cm³/mol. The molecule has 2 unspecified atom stereocenters. The highest BCUT2D eigenvalue weighted by Crippen LogP contribution is 2.36. The number of rotatable bonds is 2. The zero-order valence-electron chi connectivity index (χ0n) is 10.9. The summed E-state index contributed by atoms with van der Waals surface area (Å²) in [6.45, 7) is 3.48. The molecule has 0 fully saturated rings. The van der Waals surface area contributed by atoms with Crippen molar-refractivity contribution in [3.8, 4) is 0 Å². The van der Waals surface area contributed by atoms with E-state index in [0.717, 1.165) is 17.7 Å². The van der Waals surface area contributed by atoms with Gasteiger partial charge in [0.05, 0.1) is 17.2 Å². The minimum Gasteiger partial charge on any atom is -0.395 e. The van der Waals surface area contributed by atoms with Crippen LogP contribution in [0.15, 0.2) is 23.1 Å². The Labute approximate surface area is 108 Å². The number of aliphatic hydroxyl groups is 1. The number of sulfone groups is 1. The quantitative estimate of drug-likeness (QED) is 0.877. The normalized spacial score (nSPS) is 25.9. The molecule has 1 N–H and O–H groups in total. The number of fused-ring (bicyclic) bond motifs is 1. The van der Waals surface area contributed by atoms with Crippen LogP contribution >= 0.6 is 0 Å². The van der Waals surface area contributed by atoms with Gasteiger partial charge in [-0.25, -0.2) is 8.42 Å². The fourth-order valence-corrected chi connectivity index (χ4v) is 4.48. The van der Waals surface area contributed by atoms with Gasteiger partial charge in [0.25, 0.3) is 0 Å². The zero-order valence-corrected chi connectivity index (χ0v) is 11.7. The van der Waals surface area contributed by atoms with Crippen LogP contribution in [0.4, 0.5) is 5.69 Å². The third kappa shape index (κ3) is 1.82. The van der Waals surface area contributed by atoms with Crippen LogP contribution in [0, 0.1) is 0 Å². The van der Waals surface area contributed by atoms with Crippen LogP contribution in [-0.4, -0.2) is 38.5 Å². The van der Waals surface area contributed by atoms with E-state index >= 15 is 0 Å². The molecule has 0 amide bonds. The largest absolute Gasteiger partial charge is 0.395 e. The van der Waals surface area contributed by atoms with E-state index in [4.69, 9.17) is 0 Å². The minimum atomic E-state index is -3.44. The lowest BCUT2D eigenvalue weighted by molar-refractivity contribution is 0.277. The molecule has 0 aliphatic carbocycles. The third-order valence-corrected chi connectivity index (χ3v) is 6.13. The second-order valence-electron chi connectivity index (χ2n) is 4.77. The molecule has 0 bridgehead atoms. The van der Waals surface area contributed by atoms with Crippen molar-refractivity contribution in [2.45, 2.75) is 36.5 Å². The lowest BCUT2D eigenvalue weighted by Crippen LogP contribution is -2.49. The van der Waals surface area contributed by atoms with E-state index in [1.54, 1.807) is 6.07 Å². The van der Waals surface area contributed by atoms with Gasteiger partial charge in [-0.3, -0.25) is 0 Å². The zero-order chi connectivity index (χ0) is 13.5. The van der Waals surface area contributed by atoms with Crippen LogP contribution in [0.25, 0.3) is 0 Å². The van der Waals surface area contributed by atoms with Gasteiger partial charge in [0.15, 0.2) is 9.84 Å². The van der Waals surface area contributed by atoms with Gasteiger partial charge in [-0.1, -0.05) is 13.0 Å². The van der Waals surface area contributed by atoms with Crippen molar-refractivity contribution in [1.29, 1.82) is 0 Å². The van der Waals surface area contributed by atoms with E-state index in [0.29, 0.717) is 4.90 Å². The Bertz CT molecular complexity index is 553. The highest BCUT2D eigenvalue weighted by Gasteiger charge is 2.41. The van der Waals surface area contributed by atoms with Crippen LogP contribution in [-0.2, 0) is 16.3 Å². The Hall–Kier alpha value is -1.07. The third-order valence-electron chi connectivity index (χ3n) is 3.85. The summed E-state index contributed by atoms with van der Waals surface area (Å²) in [6, 6.07) is 5.32. The minimum absolute atomic E-state index is 0.222. The summed E-state index contributed by atoms with van der Waals surface area (Å²) in [4.78, 5) is 2.28. The molecule has 100 valence electrons. The molecule has 4 nitrogen and oxygen atoms in total. The van der Waals surface area contributed by atoms with Crippen LogP contribution < -0.4 is 4.90 Å². The highest BCUT2D eigenvalue weighted by atomic mass is 32.2. The fourth-order valence-electron chi connectivity index (χ4n) is 2.44. The second kappa shape index (κ2) is 4.55. The molecule has 1 aromatic carbocycles. The molecule has 0 spiro atoms. The Morgan fingerprint density at radius 1 is 1.39 bits per heavy atom. The number of nitrogens with zero attached hydrogens (tertiary/aromatic N) is 1. The molecule has 1 heterocycles. The molecule has 1 aromatic rings. The van der Waals surface area contributed by atoms with Gasteiger partial charge in [-0.2, -0.15) is 0 Å². The Morgan fingerprint density at radius 3 is 2.61 bits per heavy atom. The maximum atomic E-state index is 12.5. The number of hydrogen-bond donors (Lipinski definition) is 1. The van der Waals surface area contributed by atoms with E-state index in [1.807, 2.05) is 37.9 Å². The van der Waals surface area contributed by atoms with E-state index in [2.05, 4.69) is 0 Å². The average Bonchev–Trinajstić information content (AvgIpc) is 2.36. The molecule has 0 saturated heterocycles. The summed E-state index contributed by atoms with van der Waals surface area (Å²) in [5.41, 5.74) is 1.72. The molecule has 1 aliphatic heterocycles. The SMILES string of the molecule is CCc1ccc2c(c1)S(=O)(=O)C(CO)C(C)N2C. The topological polar surface area (TPSA) is 57.6 Å². The molecule has 0 aromatic heterocycles. The van der Waals surface area contributed by atoms with Crippen LogP contribution in [0.3, 0.4) is 0 Å². The first-order valence-electron chi connectivity index (χ1n) is 6.14. The smallest absolute Gasteiger partial charge is 0.187 e. The molecule has 18 heavy (non-hydrogen) atoms. The first-order chi connectivity index (χ1) is 8.43. The summed E-state index contributed by atoms with van der Waals surface area (Å²) in [6.07, 6.45) is 0.797. The average molecular weight is 269 g/mol. The molecule has 0 saturated carbocycles. The summed E-state index contributed by atoms with van der Waals surface area (Å²) < 4.78 is 24.9. The molecular weight excluding hydrogens is 250 g/mol. The molecule has 0 radical (unpaired) electrons. The molecule has 2 atom stereocenters. The predicted octanol–water partition coefficient (Wildman–Crippen LogP) is 1.22. The van der Waals surface area contributed by atoms with Gasteiger partial charge in [0, 0.05) is 13.1 Å².